The average molecular weight is 311 g/mol. The summed E-state index contributed by atoms with van der Waals surface area (Å²) >= 11 is 0. The van der Waals surface area contributed by atoms with Gasteiger partial charge in [-0.25, -0.2) is 0 Å². The van der Waals surface area contributed by atoms with Gasteiger partial charge in [0.1, 0.15) is 11.4 Å². The molecule has 0 bridgehead atoms. The number of ether oxygens (including phenoxy) is 1. The number of aromatic nitrogens is 2. The van der Waals surface area contributed by atoms with Gasteiger partial charge in [-0.05, 0) is 18.2 Å². The van der Waals surface area contributed by atoms with Crippen molar-refractivity contribution < 1.29 is 22.7 Å². The van der Waals surface area contributed by atoms with Gasteiger partial charge in [-0.15, -0.1) is 0 Å². The molecule has 0 saturated heterocycles. The molecule has 0 unspecified atom stereocenters. The zero-order chi connectivity index (χ0) is 15.9. The number of carbonyl (C=O) groups is 1. The Morgan fingerprint density at radius 2 is 2.00 bits per heavy atom. The Bertz CT molecular complexity index is 724. The first-order valence-electron chi connectivity index (χ1n) is 6.50. The van der Waals surface area contributed by atoms with Crippen LogP contribution in [0.4, 0.5) is 18.9 Å². The zero-order valence-electron chi connectivity index (χ0n) is 11.6. The number of alkyl halides is 3. The Morgan fingerprint density at radius 3 is 2.68 bits per heavy atom. The van der Waals surface area contributed by atoms with Crippen LogP contribution in [0.25, 0.3) is 0 Å². The number of nitrogens with zero attached hydrogens (tertiary/aromatic N) is 3. The predicted molar refractivity (Wildman–Crippen MR) is 71.9 cm³/mol. The van der Waals surface area contributed by atoms with Crippen LogP contribution in [0.5, 0.6) is 5.75 Å². The van der Waals surface area contributed by atoms with E-state index in [2.05, 4.69) is 5.10 Å². The first kappa shape index (κ1) is 14.4. The molecule has 0 radical (unpaired) electrons. The van der Waals surface area contributed by atoms with Crippen molar-refractivity contribution >= 4 is 11.6 Å². The summed E-state index contributed by atoms with van der Waals surface area (Å²) in [6.07, 6.45) is -2.99. The number of hydrogen-bond donors (Lipinski definition) is 0. The molecular formula is C14H12F3N3O2. The monoisotopic (exact) mass is 311 g/mol. The van der Waals surface area contributed by atoms with Gasteiger partial charge >= 0.3 is 6.18 Å². The summed E-state index contributed by atoms with van der Waals surface area (Å²) in [4.78, 5) is 13.8. The van der Waals surface area contributed by atoms with Gasteiger partial charge in [-0.2, -0.15) is 18.3 Å². The van der Waals surface area contributed by atoms with E-state index in [0.717, 1.165) is 6.07 Å². The van der Waals surface area contributed by atoms with Gasteiger partial charge in [0.05, 0.1) is 19.2 Å². The predicted octanol–water partition coefficient (Wildman–Crippen LogP) is 2.57. The Morgan fingerprint density at radius 1 is 1.23 bits per heavy atom. The lowest BCUT2D eigenvalue weighted by Crippen LogP contribution is -2.40. The summed E-state index contributed by atoms with van der Waals surface area (Å²) in [6.45, 7) is 0.819. The van der Waals surface area contributed by atoms with Gasteiger partial charge < -0.3 is 9.64 Å². The number of halogens is 3. The Kier molecular flexibility index (Phi) is 3.31. The van der Waals surface area contributed by atoms with E-state index in [-0.39, 0.29) is 11.7 Å². The van der Waals surface area contributed by atoms with Crippen LogP contribution in [-0.2, 0) is 12.7 Å². The minimum Gasteiger partial charge on any atom is -0.496 e. The van der Waals surface area contributed by atoms with Crippen LogP contribution in [0.2, 0.25) is 0 Å². The fourth-order valence-corrected chi connectivity index (χ4v) is 2.46. The van der Waals surface area contributed by atoms with Crippen LogP contribution in [0.1, 0.15) is 16.1 Å². The molecule has 0 spiro atoms. The van der Waals surface area contributed by atoms with Crippen molar-refractivity contribution in [3.63, 3.8) is 0 Å². The molecule has 22 heavy (non-hydrogen) atoms. The van der Waals surface area contributed by atoms with Crippen LogP contribution in [0.15, 0.2) is 30.5 Å². The quantitative estimate of drug-likeness (QED) is 0.856. The number of amides is 1. The fourth-order valence-electron chi connectivity index (χ4n) is 2.46. The van der Waals surface area contributed by atoms with Crippen molar-refractivity contribution in [1.29, 1.82) is 0 Å². The van der Waals surface area contributed by atoms with Gasteiger partial charge in [0.2, 0.25) is 0 Å². The molecule has 1 aliphatic rings. The van der Waals surface area contributed by atoms with Crippen molar-refractivity contribution in [2.24, 2.45) is 0 Å². The van der Waals surface area contributed by atoms with Gasteiger partial charge in [0, 0.05) is 24.5 Å². The maximum Gasteiger partial charge on any atom is 0.419 e. The highest BCUT2D eigenvalue weighted by molar-refractivity contribution is 6.05. The number of methoxy groups -OCH3 is 1. The lowest BCUT2D eigenvalue weighted by molar-refractivity contribution is -0.138. The molecule has 2 aromatic rings. The third kappa shape index (κ3) is 2.30. The second-order valence-electron chi connectivity index (χ2n) is 4.78. The maximum absolute atomic E-state index is 12.9. The van der Waals surface area contributed by atoms with Crippen molar-refractivity contribution in [3.8, 4) is 5.75 Å². The summed E-state index contributed by atoms with van der Waals surface area (Å²) in [6, 6.07) is 5.01. The maximum atomic E-state index is 12.9. The molecule has 8 heteroatoms. The van der Waals surface area contributed by atoms with E-state index in [4.69, 9.17) is 4.74 Å². The van der Waals surface area contributed by atoms with Gasteiger partial charge in [0.15, 0.2) is 0 Å². The third-order valence-corrected chi connectivity index (χ3v) is 3.52. The van der Waals surface area contributed by atoms with Gasteiger partial charge in [-0.3, -0.25) is 9.48 Å². The minimum absolute atomic E-state index is 0.300. The first-order chi connectivity index (χ1) is 10.4. The molecule has 3 rings (SSSR count). The van der Waals surface area contributed by atoms with Crippen molar-refractivity contribution in [3.05, 3.63) is 41.7 Å². The van der Waals surface area contributed by atoms with Gasteiger partial charge in [0.25, 0.3) is 5.91 Å². The second-order valence-corrected chi connectivity index (χ2v) is 4.78. The number of hydrogen-bond acceptors (Lipinski definition) is 3. The summed E-state index contributed by atoms with van der Waals surface area (Å²) in [5.74, 6) is -0.609. The molecule has 1 aliphatic heterocycles. The van der Waals surface area contributed by atoms with Crippen molar-refractivity contribution in [2.75, 3.05) is 18.6 Å². The van der Waals surface area contributed by atoms with Crippen molar-refractivity contribution in [1.82, 2.24) is 9.78 Å². The topological polar surface area (TPSA) is 47.4 Å². The number of carbonyl (C=O) groups excluding carboxylic acids is 1. The molecule has 116 valence electrons. The highest BCUT2D eigenvalue weighted by atomic mass is 19.4. The zero-order valence-corrected chi connectivity index (χ0v) is 11.6. The van der Waals surface area contributed by atoms with E-state index in [9.17, 15) is 18.0 Å². The third-order valence-electron chi connectivity index (χ3n) is 3.52. The molecule has 5 nitrogen and oxygen atoms in total. The molecule has 1 aromatic heterocycles. The normalized spacial score (nSPS) is 14.9. The Balaban J connectivity index is 1.98. The van der Waals surface area contributed by atoms with E-state index in [1.165, 1.54) is 30.3 Å². The molecule has 2 heterocycles. The van der Waals surface area contributed by atoms with E-state index < -0.39 is 11.7 Å². The standard InChI is InChI=1S/C14H12F3N3O2/c1-22-12-8-9(2-3-10(12)14(15,16)17)19-6-7-20-11(13(19)21)4-5-18-20/h2-5,8H,6-7H2,1H3. The van der Waals surface area contributed by atoms with E-state index >= 15 is 0 Å². The van der Waals surface area contributed by atoms with Crippen LogP contribution >= 0.6 is 0 Å². The summed E-state index contributed by atoms with van der Waals surface area (Å²) in [5, 5.41) is 4.01. The van der Waals surface area contributed by atoms with Crippen LogP contribution in [-0.4, -0.2) is 29.3 Å². The smallest absolute Gasteiger partial charge is 0.419 e. The highest BCUT2D eigenvalue weighted by Gasteiger charge is 2.35. The SMILES string of the molecule is COc1cc(N2CCn3nccc3C2=O)ccc1C(F)(F)F. The summed E-state index contributed by atoms with van der Waals surface area (Å²) in [5.41, 5.74) is -0.0966. The van der Waals surface area contributed by atoms with Gasteiger partial charge in [-0.1, -0.05) is 0 Å². The molecule has 0 aliphatic carbocycles. The average Bonchev–Trinajstić information content (AvgIpc) is 2.95. The fraction of sp³-hybridized carbons (Fsp3) is 0.286. The molecule has 0 saturated carbocycles. The Hall–Kier alpha value is -2.51. The summed E-state index contributed by atoms with van der Waals surface area (Å²) < 4.78 is 45.0. The second kappa shape index (κ2) is 5.04. The minimum atomic E-state index is -4.51. The van der Waals surface area contributed by atoms with Crippen molar-refractivity contribution in [2.45, 2.75) is 12.7 Å². The van der Waals surface area contributed by atoms with Crippen LogP contribution < -0.4 is 9.64 Å². The molecule has 1 amide bonds. The Labute approximate surface area is 123 Å². The molecule has 0 atom stereocenters. The number of anilines is 1. The van der Waals surface area contributed by atoms with E-state index in [0.29, 0.717) is 24.5 Å². The molecule has 1 aromatic carbocycles. The van der Waals surface area contributed by atoms with Crippen LogP contribution in [0.3, 0.4) is 0 Å². The highest BCUT2D eigenvalue weighted by Crippen LogP contribution is 2.38. The van der Waals surface area contributed by atoms with E-state index in [1.807, 2.05) is 0 Å². The largest absolute Gasteiger partial charge is 0.496 e. The molecular weight excluding hydrogens is 299 g/mol. The summed E-state index contributed by atoms with van der Waals surface area (Å²) in [7, 11) is 1.17. The van der Waals surface area contributed by atoms with E-state index in [1.54, 1.807) is 10.7 Å². The number of fused-ring (bicyclic) bond motifs is 1. The number of benzene rings is 1. The molecule has 0 N–H and O–H groups in total. The lowest BCUT2D eigenvalue weighted by Gasteiger charge is -2.28. The van der Waals surface area contributed by atoms with Crippen LogP contribution in [0, 0.1) is 0 Å². The first-order valence-corrected chi connectivity index (χ1v) is 6.50. The molecule has 0 fully saturated rings. The lowest BCUT2D eigenvalue weighted by atomic mass is 10.1. The number of rotatable bonds is 2.